The van der Waals surface area contributed by atoms with Crippen molar-refractivity contribution in [2.24, 2.45) is 0 Å². The molecule has 4 rings (SSSR count). The molecule has 1 aliphatic carbocycles. The zero-order valence-corrected chi connectivity index (χ0v) is 19.0. The highest BCUT2D eigenvalue weighted by Gasteiger charge is 2.41. The molecule has 7 heteroatoms. The summed E-state index contributed by atoms with van der Waals surface area (Å²) in [5, 5.41) is 17.2. The van der Waals surface area contributed by atoms with Gasteiger partial charge in [0.05, 0.1) is 16.1 Å². The van der Waals surface area contributed by atoms with E-state index in [-0.39, 0.29) is 17.0 Å². The Bertz CT molecular complexity index is 1210. The van der Waals surface area contributed by atoms with E-state index in [1.807, 2.05) is 50.4 Å². The van der Waals surface area contributed by atoms with Crippen LogP contribution in [0.3, 0.4) is 0 Å². The zero-order valence-electron chi connectivity index (χ0n) is 18.2. The predicted molar refractivity (Wildman–Crippen MR) is 127 cm³/mol. The molecule has 0 radical (unpaired) electrons. The summed E-state index contributed by atoms with van der Waals surface area (Å²) in [6.45, 7) is 3.96. The molecule has 0 atom stereocenters. The van der Waals surface area contributed by atoms with Crippen molar-refractivity contribution in [3.8, 4) is 5.75 Å². The minimum Gasteiger partial charge on any atom is -0.505 e. The highest BCUT2D eigenvalue weighted by molar-refractivity contribution is 7.97. The number of hydrogen-bond donors (Lipinski definition) is 3. The largest absolute Gasteiger partial charge is 0.505 e. The Kier molecular flexibility index (Phi) is 5.58. The number of phenolic OH excluding ortho intramolecular Hbond substituents is 1. The van der Waals surface area contributed by atoms with E-state index in [1.54, 1.807) is 6.07 Å². The third-order valence-electron chi connectivity index (χ3n) is 5.91. The van der Waals surface area contributed by atoms with Gasteiger partial charge in [-0.05, 0) is 76.3 Å². The molecule has 1 aliphatic rings. The van der Waals surface area contributed by atoms with E-state index in [0.717, 1.165) is 36.0 Å². The Morgan fingerprint density at radius 1 is 1.03 bits per heavy atom. The lowest BCUT2D eigenvalue weighted by Gasteiger charge is -2.44. The molecule has 0 aliphatic heterocycles. The van der Waals surface area contributed by atoms with Crippen molar-refractivity contribution in [3.05, 3.63) is 73.5 Å². The molecular weight excluding hydrogens is 410 g/mol. The topological polar surface area (TPSA) is 81.7 Å². The molecule has 31 heavy (non-hydrogen) atoms. The first-order valence-electron chi connectivity index (χ1n) is 10.4. The molecule has 0 spiro atoms. The molecule has 3 aromatic rings. The van der Waals surface area contributed by atoms with E-state index < -0.39 is 10.9 Å². The Morgan fingerprint density at radius 3 is 2.35 bits per heavy atom. The van der Waals surface area contributed by atoms with Gasteiger partial charge in [0, 0.05) is 0 Å². The molecule has 0 heterocycles. The SMILES string of the molecule is Cc1cccc(C2(Nc3c(Nc4ccc(C)c(SN(C)C)c4O)c(=O)c3=O)CCC2)c1. The first-order chi connectivity index (χ1) is 14.7. The summed E-state index contributed by atoms with van der Waals surface area (Å²) in [7, 11) is 3.79. The standard InChI is InChI=1S/C24H27N3O3S/c1-14-7-5-8-16(13-14)24(11-6-12-24)26-19-18(21(29)22(19)30)25-17-10-9-15(2)23(20(17)28)31-27(3)4/h5,7-10,13,25-26,28H,6,11-12H2,1-4H3. The van der Waals surface area contributed by atoms with Gasteiger partial charge in [0.25, 0.3) is 10.9 Å². The molecule has 1 fully saturated rings. The lowest BCUT2D eigenvalue weighted by Crippen LogP contribution is -2.47. The molecular formula is C24H27N3O3S. The lowest BCUT2D eigenvalue weighted by atomic mass is 9.71. The number of aromatic hydroxyl groups is 1. The van der Waals surface area contributed by atoms with Crippen molar-refractivity contribution in [1.82, 2.24) is 4.31 Å². The van der Waals surface area contributed by atoms with Crippen LogP contribution < -0.4 is 21.5 Å². The van der Waals surface area contributed by atoms with Gasteiger partial charge in [0.1, 0.15) is 11.4 Å². The molecule has 162 valence electrons. The second-order valence-electron chi connectivity index (χ2n) is 8.47. The summed E-state index contributed by atoms with van der Waals surface area (Å²) in [4.78, 5) is 25.5. The Labute approximate surface area is 186 Å². The Balaban J connectivity index is 1.66. The number of benzene rings is 2. The number of phenols is 1. The van der Waals surface area contributed by atoms with Gasteiger partial charge in [-0.15, -0.1) is 0 Å². The van der Waals surface area contributed by atoms with Crippen LogP contribution in [-0.4, -0.2) is 23.5 Å². The fraction of sp³-hybridized carbons (Fsp3) is 0.333. The first-order valence-corrected chi connectivity index (χ1v) is 11.1. The number of nitrogens with one attached hydrogen (secondary N) is 2. The third kappa shape index (κ3) is 3.83. The summed E-state index contributed by atoms with van der Waals surface area (Å²) in [6, 6.07) is 11.9. The van der Waals surface area contributed by atoms with Gasteiger partial charge in [-0.1, -0.05) is 35.9 Å². The lowest BCUT2D eigenvalue weighted by molar-refractivity contribution is 0.284. The number of anilines is 3. The Morgan fingerprint density at radius 2 is 1.74 bits per heavy atom. The van der Waals surface area contributed by atoms with Crippen LogP contribution in [0, 0.1) is 13.8 Å². The van der Waals surface area contributed by atoms with E-state index in [1.165, 1.54) is 11.9 Å². The van der Waals surface area contributed by atoms with E-state index in [4.69, 9.17) is 0 Å². The van der Waals surface area contributed by atoms with Crippen molar-refractivity contribution in [2.45, 2.75) is 43.5 Å². The normalized spacial score (nSPS) is 15.1. The minimum atomic E-state index is -0.567. The van der Waals surface area contributed by atoms with Crippen molar-refractivity contribution in [1.29, 1.82) is 0 Å². The van der Waals surface area contributed by atoms with Crippen LogP contribution in [0.15, 0.2) is 50.9 Å². The van der Waals surface area contributed by atoms with Crippen LogP contribution >= 0.6 is 11.9 Å². The van der Waals surface area contributed by atoms with E-state index in [0.29, 0.717) is 16.3 Å². The van der Waals surface area contributed by atoms with E-state index in [9.17, 15) is 14.7 Å². The van der Waals surface area contributed by atoms with Gasteiger partial charge in [-0.3, -0.25) is 13.9 Å². The number of aryl methyl sites for hydroxylation is 2. The van der Waals surface area contributed by atoms with Crippen LogP contribution in [0.4, 0.5) is 17.1 Å². The van der Waals surface area contributed by atoms with Gasteiger partial charge in [0.2, 0.25) is 0 Å². The zero-order chi connectivity index (χ0) is 22.3. The van der Waals surface area contributed by atoms with Crippen LogP contribution in [0.5, 0.6) is 5.75 Å². The maximum absolute atomic E-state index is 12.4. The summed E-state index contributed by atoms with van der Waals surface area (Å²) in [5.41, 5.74) is 2.70. The van der Waals surface area contributed by atoms with Crippen LogP contribution in [-0.2, 0) is 5.54 Å². The van der Waals surface area contributed by atoms with E-state index >= 15 is 0 Å². The monoisotopic (exact) mass is 437 g/mol. The van der Waals surface area contributed by atoms with Crippen molar-refractivity contribution in [3.63, 3.8) is 0 Å². The highest BCUT2D eigenvalue weighted by Crippen LogP contribution is 2.45. The molecule has 0 amide bonds. The second-order valence-corrected chi connectivity index (χ2v) is 9.80. The maximum Gasteiger partial charge on any atom is 0.253 e. The Hall–Kier alpha value is -2.77. The van der Waals surface area contributed by atoms with Gasteiger partial charge in [-0.2, -0.15) is 0 Å². The van der Waals surface area contributed by atoms with Gasteiger partial charge < -0.3 is 15.7 Å². The second kappa shape index (κ2) is 8.05. The quantitative estimate of drug-likeness (QED) is 0.287. The number of rotatable bonds is 7. The molecule has 0 aromatic heterocycles. The fourth-order valence-electron chi connectivity index (χ4n) is 4.03. The molecule has 0 saturated heterocycles. The molecule has 6 nitrogen and oxygen atoms in total. The summed E-state index contributed by atoms with van der Waals surface area (Å²) < 4.78 is 1.89. The van der Waals surface area contributed by atoms with E-state index in [2.05, 4.69) is 22.8 Å². The number of nitrogens with zero attached hydrogens (tertiary/aromatic N) is 1. The number of hydrogen-bond acceptors (Lipinski definition) is 7. The first kappa shape index (κ1) is 21.5. The summed E-state index contributed by atoms with van der Waals surface area (Å²) >= 11 is 1.40. The minimum absolute atomic E-state index is 0.0646. The predicted octanol–water partition coefficient (Wildman–Crippen LogP) is 4.41. The smallest absolute Gasteiger partial charge is 0.253 e. The molecule has 0 bridgehead atoms. The van der Waals surface area contributed by atoms with Crippen LogP contribution in [0.1, 0.15) is 36.0 Å². The highest BCUT2D eigenvalue weighted by atomic mass is 32.2. The van der Waals surface area contributed by atoms with Gasteiger partial charge >= 0.3 is 0 Å². The fourth-order valence-corrected chi connectivity index (χ4v) is 4.81. The summed E-state index contributed by atoms with van der Waals surface area (Å²) in [5.74, 6) is 0.0646. The molecule has 0 unspecified atom stereocenters. The average molecular weight is 438 g/mol. The van der Waals surface area contributed by atoms with Gasteiger partial charge in [0.15, 0.2) is 5.75 Å². The third-order valence-corrected chi connectivity index (χ3v) is 6.98. The van der Waals surface area contributed by atoms with Crippen molar-refractivity contribution >= 4 is 29.0 Å². The van der Waals surface area contributed by atoms with Crippen LogP contribution in [0.2, 0.25) is 0 Å². The molecule has 1 saturated carbocycles. The molecule has 3 N–H and O–H groups in total. The van der Waals surface area contributed by atoms with Crippen LogP contribution in [0.25, 0.3) is 0 Å². The average Bonchev–Trinajstić information content (AvgIpc) is 2.70. The maximum atomic E-state index is 12.4. The van der Waals surface area contributed by atoms with Gasteiger partial charge in [-0.25, -0.2) is 0 Å². The van der Waals surface area contributed by atoms with Crippen molar-refractivity contribution < 1.29 is 5.11 Å². The summed E-state index contributed by atoms with van der Waals surface area (Å²) in [6.07, 6.45) is 2.85. The molecule has 3 aromatic carbocycles. The van der Waals surface area contributed by atoms with Crippen molar-refractivity contribution in [2.75, 3.05) is 24.7 Å².